The van der Waals surface area contributed by atoms with Crippen LogP contribution < -0.4 is 14.4 Å². The molecule has 11 heteroatoms. The maximum absolute atomic E-state index is 14.7. The summed E-state index contributed by atoms with van der Waals surface area (Å²) in [5.41, 5.74) is 5.22. The van der Waals surface area contributed by atoms with Crippen LogP contribution in [-0.4, -0.2) is 77.2 Å². The highest BCUT2D eigenvalue weighted by Gasteiger charge is 2.44. The number of methoxy groups -OCH3 is 2. The van der Waals surface area contributed by atoms with Crippen LogP contribution in [0.4, 0.5) is 5.69 Å². The Morgan fingerprint density at radius 2 is 2.00 bits per heavy atom. The molecule has 1 spiro atoms. The van der Waals surface area contributed by atoms with E-state index >= 15 is 0 Å². The fraction of sp³-hybridized carbons (Fsp3) is 0.525. The summed E-state index contributed by atoms with van der Waals surface area (Å²) < 4.78 is 38.6. The van der Waals surface area contributed by atoms with E-state index in [1.54, 1.807) is 26.4 Å². The van der Waals surface area contributed by atoms with Crippen molar-refractivity contribution in [2.24, 2.45) is 29.2 Å². The minimum Gasteiger partial charge on any atom is -0.490 e. The van der Waals surface area contributed by atoms with Gasteiger partial charge in [-0.25, -0.2) is 4.21 Å². The quantitative estimate of drug-likeness (QED) is 0.223. The van der Waals surface area contributed by atoms with Crippen LogP contribution in [0.2, 0.25) is 0 Å². The number of benzene rings is 2. The number of hydrogen-bond donors (Lipinski definition) is 0. The van der Waals surface area contributed by atoms with Gasteiger partial charge in [0.2, 0.25) is 5.88 Å². The zero-order valence-electron chi connectivity index (χ0n) is 30.4. The van der Waals surface area contributed by atoms with Crippen molar-refractivity contribution < 1.29 is 28.0 Å². The number of fused-ring (bicyclic) bond motifs is 4. The number of hydrogen-bond acceptors (Lipinski definition) is 8. The van der Waals surface area contributed by atoms with Gasteiger partial charge in [-0.2, -0.15) is 4.36 Å². The van der Waals surface area contributed by atoms with E-state index < -0.39 is 27.2 Å². The number of ketones is 1. The normalized spacial score (nSPS) is 29.8. The second-order valence-electron chi connectivity index (χ2n) is 15.2. The summed E-state index contributed by atoms with van der Waals surface area (Å²) in [6.07, 6.45) is 11.7. The SMILES string of the molecule is COc1nn(C)cc1C(=O)C[S@@]1(=O)=NC(=O)c2ccc3c(c2)N(C[C@@H]2CC[C@H]2[C@@H](OC)/C=C/C[C@H](C)C1)C[C@@]1(CCCc2cc(C)ccc21)CO3. The summed E-state index contributed by atoms with van der Waals surface area (Å²) in [6.45, 7) is 6.25. The van der Waals surface area contributed by atoms with Gasteiger partial charge in [-0.1, -0.05) is 42.8 Å². The van der Waals surface area contributed by atoms with Gasteiger partial charge >= 0.3 is 0 Å². The Morgan fingerprint density at radius 3 is 2.76 bits per heavy atom. The highest BCUT2D eigenvalue weighted by atomic mass is 32.2. The number of ether oxygens (including phenoxy) is 3. The van der Waals surface area contributed by atoms with E-state index in [0.29, 0.717) is 30.4 Å². The Morgan fingerprint density at radius 1 is 1.16 bits per heavy atom. The fourth-order valence-electron chi connectivity index (χ4n) is 8.72. The fourth-order valence-corrected chi connectivity index (χ4v) is 11.0. The number of carbonyl (C=O) groups is 2. The molecule has 1 saturated carbocycles. The smallest absolute Gasteiger partial charge is 0.285 e. The third kappa shape index (κ3) is 7.11. The van der Waals surface area contributed by atoms with Crippen molar-refractivity contribution in [1.82, 2.24) is 9.78 Å². The second kappa shape index (κ2) is 14.2. The zero-order chi connectivity index (χ0) is 35.9. The van der Waals surface area contributed by atoms with E-state index in [1.807, 2.05) is 19.1 Å². The summed E-state index contributed by atoms with van der Waals surface area (Å²) >= 11 is 0. The number of amides is 1. The molecular weight excluding hydrogens is 665 g/mol. The molecule has 2 aromatic carbocycles. The summed E-state index contributed by atoms with van der Waals surface area (Å²) in [7, 11) is 1.57. The predicted molar refractivity (Wildman–Crippen MR) is 199 cm³/mol. The van der Waals surface area contributed by atoms with Gasteiger partial charge < -0.3 is 19.1 Å². The largest absolute Gasteiger partial charge is 0.490 e. The minimum absolute atomic E-state index is 0.0412. The van der Waals surface area contributed by atoms with Crippen molar-refractivity contribution in [2.45, 2.75) is 63.9 Å². The van der Waals surface area contributed by atoms with Crippen LogP contribution in [0.25, 0.3) is 0 Å². The first-order valence-corrected chi connectivity index (χ1v) is 20.0. The molecule has 7 rings (SSSR count). The van der Waals surface area contributed by atoms with Gasteiger partial charge in [0.25, 0.3) is 5.91 Å². The number of allylic oxidation sites excluding steroid dienone is 1. The molecule has 0 unspecified atom stereocenters. The molecule has 51 heavy (non-hydrogen) atoms. The summed E-state index contributed by atoms with van der Waals surface area (Å²) in [4.78, 5) is 30.1. The molecule has 2 aliphatic carbocycles. The Labute approximate surface area is 301 Å². The number of aromatic nitrogens is 2. The van der Waals surface area contributed by atoms with Crippen LogP contribution in [-0.2, 0) is 33.3 Å². The van der Waals surface area contributed by atoms with E-state index in [0.717, 1.165) is 56.6 Å². The first-order chi connectivity index (χ1) is 24.5. The van der Waals surface area contributed by atoms with Crippen molar-refractivity contribution >= 4 is 27.1 Å². The molecule has 3 aromatic rings. The van der Waals surface area contributed by atoms with Crippen molar-refractivity contribution in [3.05, 3.63) is 82.6 Å². The Balaban J connectivity index is 1.31. The van der Waals surface area contributed by atoms with Gasteiger partial charge in [0.05, 0.1) is 41.0 Å². The Hall–Kier alpha value is -3.96. The zero-order valence-corrected chi connectivity index (χ0v) is 31.2. The van der Waals surface area contributed by atoms with E-state index in [4.69, 9.17) is 14.2 Å². The standard InChI is InChI=1S/C40H50N4O6S/c1-26-11-15-33-28(18-26)9-7-17-40(33)24-44-20-30-12-14-31(30)36(48-4)10-6-8-27(2)22-51(47,23-35(45)32-21-43(3)41-39(32)49-5)42-38(46)29-13-16-37(50-25-40)34(44)19-29/h6,10-11,13,15-16,18-19,21,27,30-31,36H,7-9,12,14,17,20,22-25H2,1-5H3/b10-6+/t27-,30-,31+,36-,40-,51+/m0/s1. The molecule has 0 N–H and O–H groups in total. The maximum Gasteiger partial charge on any atom is 0.285 e. The molecule has 2 aliphatic heterocycles. The van der Waals surface area contributed by atoms with Gasteiger partial charge in [-0.15, -0.1) is 5.10 Å². The van der Waals surface area contributed by atoms with Crippen LogP contribution in [0, 0.1) is 24.7 Å². The van der Waals surface area contributed by atoms with Gasteiger partial charge in [-0.05, 0) is 92.5 Å². The van der Waals surface area contributed by atoms with Gasteiger partial charge in [0, 0.05) is 50.2 Å². The third-order valence-electron chi connectivity index (χ3n) is 11.4. The van der Waals surface area contributed by atoms with Gasteiger partial charge in [-0.3, -0.25) is 14.3 Å². The molecular formula is C40H50N4O6S. The van der Waals surface area contributed by atoms with Crippen LogP contribution in [0.15, 0.2) is 59.1 Å². The minimum atomic E-state index is -3.33. The first kappa shape index (κ1) is 35.4. The predicted octanol–water partition coefficient (Wildman–Crippen LogP) is 6.34. The highest BCUT2D eigenvalue weighted by molar-refractivity contribution is 7.94. The average molecular weight is 715 g/mol. The lowest BCUT2D eigenvalue weighted by Crippen LogP contribution is -2.49. The van der Waals surface area contributed by atoms with E-state index in [2.05, 4.69) is 51.6 Å². The van der Waals surface area contributed by atoms with Crippen LogP contribution in [0.5, 0.6) is 11.6 Å². The summed E-state index contributed by atoms with van der Waals surface area (Å²) in [6, 6.07) is 12.3. The van der Waals surface area contributed by atoms with Gasteiger partial charge in [0.15, 0.2) is 5.78 Å². The first-order valence-electron chi connectivity index (χ1n) is 18.2. The molecule has 1 amide bonds. The molecule has 1 fully saturated rings. The molecule has 0 saturated heterocycles. The van der Waals surface area contributed by atoms with Crippen LogP contribution in [0.1, 0.15) is 76.4 Å². The van der Waals surface area contributed by atoms with E-state index in [9.17, 15) is 13.8 Å². The topological polar surface area (TPSA) is 112 Å². The molecule has 10 nitrogen and oxygen atoms in total. The van der Waals surface area contributed by atoms with E-state index in [1.165, 1.54) is 28.5 Å². The second-order valence-corrected chi connectivity index (χ2v) is 17.6. The number of nitrogens with zero attached hydrogens (tertiary/aromatic N) is 4. The number of Topliss-reactive ketones (excluding diaryl/α,β-unsaturated/α-hetero) is 1. The van der Waals surface area contributed by atoms with Crippen molar-refractivity contribution in [3.8, 4) is 11.6 Å². The molecule has 0 radical (unpaired) electrons. The van der Waals surface area contributed by atoms with E-state index in [-0.39, 0.29) is 34.6 Å². The van der Waals surface area contributed by atoms with Crippen LogP contribution in [0.3, 0.4) is 0 Å². The molecule has 4 aliphatic rings. The number of anilines is 1. The Kier molecular flexibility index (Phi) is 9.88. The molecule has 3 heterocycles. The van der Waals surface area contributed by atoms with Crippen LogP contribution >= 0.6 is 0 Å². The average Bonchev–Trinajstić information content (AvgIpc) is 3.40. The van der Waals surface area contributed by atoms with Crippen molar-refractivity contribution in [1.29, 1.82) is 0 Å². The number of carbonyl (C=O) groups excluding carboxylic acids is 2. The monoisotopic (exact) mass is 714 g/mol. The third-order valence-corrected chi connectivity index (χ3v) is 13.7. The molecule has 2 bridgehead atoms. The number of rotatable bonds is 5. The molecule has 1 aromatic heterocycles. The van der Waals surface area contributed by atoms with Crippen molar-refractivity contribution in [2.75, 3.05) is 50.3 Å². The van der Waals surface area contributed by atoms with Gasteiger partial charge in [0.1, 0.15) is 11.3 Å². The lowest BCUT2D eigenvalue weighted by molar-refractivity contribution is 0.0131. The lowest BCUT2D eigenvalue weighted by Gasteiger charge is -2.46. The molecule has 6 atom stereocenters. The van der Waals surface area contributed by atoms with Crippen molar-refractivity contribution in [3.63, 3.8) is 0 Å². The maximum atomic E-state index is 14.7. The Bertz CT molecular complexity index is 1980. The number of aryl methyl sites for hydroxylation is 3. The summed E-state index contributed by atoms with van der Waals surface area (Å²) in [5.74, 6) is 0.194. The molecule has 272 valence electrons. The summed E-state index contributed by atoms with van der Waals surface area (Å²) in [5, 5.41) is 4.19. The highest BCUT2D eigenvalue weighted by Crippen LogP contribution is 2.47. The lowest BCUT2D eigenvalue weighted by atomic mass is 9.68.